The molecule has 29 heavy (non-hydrogen) atoms. The summed E-state index contributed by atoms with van der Waals surface area (Å²) in [5.41, 5.74) is -3.10. The standard InChI is InChI=1S/C16H9ClF6N4O2/c17-10-1-2-12-13(6-10)27(26-25-12)29-7-14(28)24-11-4-8(15(18,19)20)3-9(5-11)16(21,22)23/h1-6H,7H2,(H,24,28). The van der Waals surface area contributed by atoms with Gasteiger partial charge in [-0.05, 0) is 41.6 Å². The molecule has 1 aromatic heterocycles. The summed E-state index contributed by atoms with van der Waals surface area (Å²) in [6.45, 7) is -0.761. The first-order valence-electron chi connectivity index (χ1n) is 7.67. The van der Waals surface area contributed by atoms with Gasteiger partial charge in [0.25, 0.3) is 5.91 Å². The Hall–Kier alpha value is -3.02. The van der Waals surface area contributed by atoms with E-state index in [0.29, 0.717) is 28.2 Å². The Morgan fingerprint density at radius 1 is 1.03 bits per heavy atom. The quantitative estimate of drug-likeness (QED) is 0.620. The van der Waals surface area contributed by atoms with E-state index < -0.39 is 41.7 Å². The molecule has 0 saturated carbocycles. The molecule has 0 bridgehead atoms. The number of nitrogens with one attached hydrogen (secondary N) is 1. The van der Waals surface area contributed by atoms with Crippen LogP contribution in [0.2, 0.25) is 5.02 Å². The summed E-state index contributed by atoms with van der Waals surface area (Å²) in [4.78, 5) is 17.9. The van der Waals surface area contributed by atoms with Crippen molar-refractivity contribution in [2.75, 3.05) is 11.9 Å². The molecule has 1 amide bonds. The van der Waals surface area contributed by atoms with Gasteiger partial charge in [0.15, 0.2) is 6.61 Å². The van der Waals surface area contributed by atoms with Crippen molar-refractivity contribution < 1.29 is 36.0 Å². The van der Waals surface area contributed by atoms with Crippen LogP contribution in [0.15, 0.2) is 36.4 Å². The summed E-state index contributed by atoms with van der Waals surface area (Å²) < 4.78 is 77.1. The van der Waals surface area contributed by atoms with Gasteiger partial charge in [-0.15, -0.1) is 5.10 Å². The van der Waals surface area contributed by atoms with Gasteiger partial charge in [-0.3, -0.25) is 4.79 Å². The number of benzene rings is 2. The van der Waals surface area contributed by atoms with Crippen molar-refractivity contribution in [3.05, 3.63) is 52.5 Å². The van der Waals surface area contributed by atoms with E-state index in [9.17, 15) is 31.1 Å². The monoisotopic (exact) mass is 438 g/mol. The molecule has 3 aromatic rings. The fourth-order valence-electron chi connectivity index (χ4n) is 2.31. The van der Waals surface area contributed by atoms with E-state index in [4.69, 9.17) is 16.4 Å². The number of alkyl halides is 6. The second-order valence-corrected chi connectivity index (χ2v) is 6.15. The zero-order valence-corrected chi connectivity index (χ0v) is 14.7. The number of aromatic nitrogens is 3. The van der Waals surface area contributed by atoms with E-state index in [1.807, 2.05) is 5.32 Å². The molecule has 1 N–H and O–H groups in total. The Morgan fingerprint density at radius 2 is 1.66 bits per heavy atom. The van der Waals surface area contributed by atoms with E-state index in [-0.39, 0.29) is 6.07 Å². The highest BCUT2D eigenvalue weighted by molar-refractivity contribution is 6.31. The molecule has 3 rings (SSSR count). The molecule has 0 aliphatic carbocycles. The molecule has 0 unspecified atom stereocenters. The number of carbonyl (C=O) groups excluding carboxylic acids is 1. The molecule has 0 aliphatic heterocycles. The van der Waals surface area contributed by atoms with E-state index >= 15 is 0 Å². The van der Waals surface area contributed by atoms with Crippen molar-refractivity contribution in [3.8, 4) is 0 Å². The summed E-state index contributed by atoms with van der Waals surface area (Å²) in [6.07, 6.45) is -10.1. The van der Waals surface area contributed by atoms with Gasteiger partial charge in [0.1, 0.15) is 11.0 Å². The Bertz CT molecular complexity index is 1030. The van der Waals surface area contributed by atoms with Crippen molar-refractivity contribution in [2.45, 2.75) is 12.4 Å². The zero-order valence-electron chi connectivity index (χ0n) is 14.0. The molecule has 6 nitrogen and oxygen atoms in total. The minimum Gasteiger partial charge on any atom is -0.385 e. The van der Waals surface area contributed by atoms with Crippen LogP contribution in [0.3, 0.4) is 0 Å². The first-order valence-corrected chi connectivity index (χ1v) is 8.05. The summed E-state index contributed by atoms with van der Waals surface area (Å²) >= 11 is 5.83. The fourth-order valence-corrected chi connectivity index (χ4v) is 2.48. The van der Waals surface area contributed by atoms with Crippen LogP contribution < -0.4 is 10.2 Å². The number of carbonyl (C=O) groups is 1. The second-order valence-electron chi connectivity index (χ2n) is 5.71. The first-order chi connectivity index (χ1) is 13.4. The highest BCUT2D eigenvalue weighted by Gasteiger charge is 2.37. The number of fused-ring (bicyclic) bond motifs is 1. The van der Waals surface area contributed by atoms with E-state index in [1.165, 1.54) is 12.1 Å². The van der Waals surface area contributed by atoms with E-state index in [0.717, 1.165) is 4.85 Å². The van der Waals surface area contributed by atoms with Gasteiger partial charge in [-0.25, -0.2) is 0 Å². The maximum Gasteiger partial charge on any atom is 0.416 e. The van der Waals surface area contributed by atoms with Crippen LogP contribution in [0.1, 0.15) is 11.1 Å². The molecule has 0 fully saturated rings. The predicted molar refractivity (Wildman–Crippen MR) is 89.1 cm³/mol. The van der Waals surface area contributed by atoms with E-state index in [2.05, 4.69) is 10.3 Å². The Labute approximate surface area is 163 Å². The number of hydrogen-bond donors (Lipinski definition) is 1. The van der Waals surface area contributed by atoms with Gasteiger partial charge < -0.3 is 10.2 Å². The molecule has 0 spiro atoms. The second kappa shape index (κ2) is 7.43. The highest BCUT2D eigenvalue weighted by atomic mass is 35.5. The van der Waals surface area contributed by atoms with Crippen molar-refractivity contribution in [1.82, 2.24) is 15.2 Å². The average Bonchev–Trinajstić information content (AvgIpc) is 3.00. The van der Waals surface area contributed by atoms with Crippen LogP contribution in [-0.2, 0) is 17.1 Å². The van der Waals surface area contributed by atoms with E-state index in [1.54, 1.807) is 6.07 Å². The maximum atomic E-state index is 12.9. The Kier molecular flexibility index (Phi) is 5.30. The summed E-state index contributed by atoms with van der Waals surface area (Å²) in [6, 6.07) is 5.25. The van der Waals surface area contributed by atoms with Crippen molar-refractivity contribution in [1.29, 1.82) is 0 Å². The first kappa shape index (κ1) is 20.7. The van der Waals surface area contributed by atoms with Gasteiger partial charge >= 0.3 is 12.4 Å². The number of halogens is 7. The lowest BCUT2D eigenvalue weighted by atomic mass is 10.1. The predicted octanol–water partition coefficient (Wildman–Crippen LogP) is 4.19. The number of rotatable bonds is 4. The van der Waals surface area contributed by atoms with Crippen LogP contribution in [-0.4, -0.2) is 27.7 Å². The van der Waals surface area contributed by atoms with Gasteiger partial charge in [-0.1, -0.05) is 16.4 Å². The number of nitrogens with zero attached hydrogens (tertiary/aromatic N) is 3. The molecule has 0 saturated heterocycles. The lowest BCUT2D eigenvalue weighted by Gasteiger charge is -2.14. The maximum absolute atomic E-state index is 12.9. The van der Waals surface area contributed by atoms with Crippen LogP contribution in [0.5, 0.6) is 0 Å². The number of hydrogen-bond acceptors (Lipinski definition) is 4. The topological polar surface area (TPSA) is 69.0 Å². The minimum absolute atomic E-state index is 0.0442. The largest absolute Gasteiger partial charge is 0.416 e. The van der Waals surface area contributed by atoms with Crippen molar-refractivity contribution in [2.24, 2.45) is 0 Å². The average molecular weight is 439 g/mol. The van der Waals surface area contributed by atoms with Crippen LogP contribution in [0.4, 0.5) is 32.0 Å². The minimum atomic E-state index is -5.03. The van der Waals surface area contributed by atoms with Crippen LogP contribution in [0, 0.1) is 0 Å². The molecule has 154 valence electrons. The third kappa shape index (κ3) is 4.88. The molecule has 0 atom stereocenters. The summed E-state index contributed by atoms with van der Waals surface area (Å²) in [5.74, 6) is -1.01. The Balaban J connectivity index is 1.76. The molecule has 1 heterocycles. The lowest BCUT2D eigenvalue weighted by Crippen LogP contribution is -2.26. The van der Waals surface area contributed by atoms with Crippen molar-refractivity contribution >= 4 is 34.2 Å². The SMILES string of the molecule is O=C(COn1nnc2ccc(Cl)cc21)Nc1cc(C(F)(F)F)cc(C(F)(F)F)c1. The van der Waals surface area contributed by atoms with Gasteiger partial charge in [0, 0.05) is 10.7 Å². The molecule has 13 heteroatoms. The fraction of sp³-hybridized carbons (Fsp3) is 0.188. The number of amides is 1. The molecule has 0 radical (unpaired) electrons. The summed E-state index contributed by atoms with van der Waals surface area (Å²) in [7, 11) is 0. The zero-order chi connectivity index (χ0) is 21.4. The lowest BCUT2D eigenvalue weighted by molar-refractivity contribution is -0.143. The van der Waals surface area contributed by atoms with Crippen LogP contribution in [0.25, 0.3) is 11.0 Å². The molecular weight excluding hydrogens is 430 g/mol. The smallest absolute Gasteiger partial charge is 0.385 e. The molecular formula is C16H9ClF6N4O2. The van der Waals surface area contributed by atoms with Crippen LogP contribution >= 0.6 is 11.6 Å². The van der Waals surface area contributed by atoms with Gasteiger partial charge in [0.2, 0.25) is 0 Å². The molecule has 2 aromatic carbocycles. The summed E-state index contributed by atoms with van der Waals surface area (Å²) in [5, 5.41) is 9.63. The third-order valence-corrected chi connectivity index (χ3v) is 3.80. The van der Waals surface area contributed by atoms with Crippen molar-refractivity contribution in [3.63, 3.8) is 0 Å². The third-order valence-electron chi connectivity index (χ3n) is 3.57. The number of anilines is 1. The highest BCUT2D eigenvalue weighted by Crippen LogP contribution is 2.37. The Morgan fingerprint density at radius 3 is 2.24 bits per heavy atom. The van der Waals surface area contributed by atoms with Gasteiger partial charge in [-0.2, -0.15) is 26.3 Å². The normalized spacial score (nSPS) is 12.2. The van der Waals surface area contributed by atoms with Gasteiger partial charge in [0.05, 0.1) is 11.1 Å². The molecule has 0 aliphatic rings.